The summed E-state index contributed by atoms with van der Waals surface area (Å²) >= 11 is 1.60. The highest BCUT2D eigenvalue weighted by Gasteiger charge is 2.13. The van der Waals surface area contributed by atoms with Gasteiger partial charge in [0.05, 0.1) is 28.6 Å². The first kappa shape index (κ1) is 16.2. The monoisotopic (exact) mass is 361 g/mol. The van der Waals surface area contributed by atoms with E-state index in [-0.39, 0.29) is 5.91 Å². The molecule has 128 valence electrons. The number of benzene rings is 2. The zero-order valence-electron chi connectivity index (χ0n) is 14.0. The second-order valence-electron chi connectivity index (χ2n) is 5.58. The molecular formula is C20H15N3O2S. The zero-order valence-corrected chi connectivity index (χ0v) is 14.8. The number of aromatic nitrogens is 2. The third-order valence-electron chi connectivity index (χ3n) is 3.91. The number of anilines is 1. The van der Waals surface area contributed by atoms with Crippen molar-refractivity contribution >= 4 is 33.1 Å². The van der Waals surface area contributed by atoms with Crippen LogP contribution in [0.4, 0.5) is 5.69 Å². The van der Waals surface area contributed by atoms with Crippen LogP contribution in [0, 0.1) is 0 Å². The van der Waals surface area contributed by atoms with Gasteiger partial charge in [0.2, 0.25) is 5.88 Å². The molecule has 2 aromatic heterocycles. The Kier molecular flexibility index (Phi) is 4.33. The molecule has 0 radical (unpaired) electrons. The van der Waals surface area contributed by atoms with Crippen molar-refractivity contribution in [2.75, 3.05) is 12.4 Å². The molecule has 4 aromatic rings. The Bertz CT molecular complexity index is 1040. The Hall–Kier alpha value is -3.25. The van der Waals surface area contributed by atoms with Crippen molar-refractivity contribution in [3.8, 4) is 16.5 Å². The number of thiazole rings is 1. The highest BCUT2D eigenvalue weighted by molar-refractivity contribution is 7.21. The summed E-state index contributed by atoms with van der Waals surface area (Å²) in [4.78, 5) is 21.3. The van der Waals surface area contributed by atoms with Crippen molar-refractivity contribution in [1.29, 1.82) is 0 Å². The van der Waals surface area contributed by atoms with Crippen LogP contribution in [0.2, 0.25) is 0 Å². The van der Waals surface area contributed by atoms with Crippen LogP contribution in [0.3, 0.4) is 0 Å². The van der Waals surface area contributed by atoms with Gasteiger partial charge in [0, 0.05) is 17.8 Å². The summed E-state index contributed by atoms with van der Waals surface area (Å²) in [6, 6.07) is 19.0. The maximum atomic E-state index is 12.6. The molecule has 1 N–H and O–H groups in total. The molecule has 0 saturated carbocycles. The van der Waals surface area contributed by atoms with Gasteiger partial charge >= 0.3 is 0 Å². The van der Waals surface area contributed by atoms with Crippen LogP contribution in [0.1, 0.15) is 10.4 Å². The maximum Gasteiger partial charge on any atom is 0.257 e. The number of hydrogen-bond acceptors (Lipinski definition) is 5. The van der Waals surface area contributed by atoms with Crippen molar-refractivity contribution in [3.05, 3.63) is 72.4 Å². The molecule has 6 heteroatoms. The van der Waals surface area contributed by atoms with E-state index < -0.39 is 0 Å². The molecule has 2 heterocycles. The first-order valence-electron chi connectivity index (χ1n) is 8.01. The Labute approximate surface area is 154 Å². The van der Waals surface area contributed by atoms with Gasteiger partial charge in [-0.15, -0.1) is 11.3 Å². The second kappa shape index (κ2) is 6.93. The summed E-state index contributed by atoms with van der Waals surface area (Å²) in [5.74, 6) is 0.241. The van der Waals surface area contributed by atoms with Gasteiger partial charge in [-0.3, -0.25) is 4.79 Å². The fourth-order valence-electron chi connectivity index (χ4n) is 2.60. The van der Waals surface area contributed by atoms with E-state index in [0.717, 1.165) is 20.8 Å². The molecule has 0 unspecified atom stereocenters. The van der Waals surface area contributed by atoms with Crippen molar-refractivity contribution in [3.63, 3.8) is 0 Å². The third kappa shape index (κ3) is 3.14. The zero-order chi connectivity index (χ0) is 17.9. The molecule has 26 heavy (non-hydrogen) atoms. The number of carbonyl (C=O) groups is 1. The first-order valence-corrected chi connectivity index (χ1v) is 8.82. The van der Waals surface area contributed by atoms with Crippen molar-refractivity contribution in [2.24, 2.45) is 0 Å². The fourth-order valence-corrected chi connectivity index (χ4v) is 3.60. The topological polar surface area (TPSA) is 64.1 Å². The van der Waals surface area contributed by atoms with Gasteiger partial charge in [0.1, 0.15) is 5.01 Å². The predicted molar refractivity (Wildman–Crippen MR) is 104 cm³/mol. The minimum absolute atomic E-state index is 0.228. The number of fused-ring (bicyclic) bond motifs is 1. The lowest BCUT2D eigenvalue weighted by Gasteiger charge is -2.09. The number of nitrogens with one attached hydrogen (secondary N) is 1. The van der Waals surface area contributed by atoms with Crippen molar-refractivity contribution < 1.29 is 9.53 Å². The number of ether oxygens (including phenoxy) is 1. The highest BCUT2D eigenvalue weighted by Crippen LogP contribution is 2.34. The Morgan fingerprint density at radius 2 is 1.85 bits per heavy atom. The molecule has 0 fully saturated rings. The molecule has 0 atom stereocenters. The minimum Gasteiger partial charge on any atom is -0.481 e. The van der Waals surface area contributed by atoms with Crippen molar-refractivity contribution in [1.82, 2.24) is 9.97 Å². The summed E-state index contributed by atoms with van der Waals surface area (Å²) in [6.45, 7) is 0. The van der Waals surface area contributed by atoms with E-state index >= 15 is 0 Å². The van der Waals surface area contributed by atoms with E-state index in [1.54, 1.807) is 23.5 Å². The lowest BCUT2D eigenvalue weighted by molar-refractivity contribution is 0.102. The molecule has 2 aromatic carbocycles. The number of carbonyl (C=O) groups excluding carboxylic acids is 1. The van der Waals surface area contributed by atoms with Crippen molar-refractivity contribution in [2.45, 2.75) is 0 Å². The van der Waals surface area contributed by atoms with E-state index in [0.29, 0.717) is 17.1 Å². The quantitative estimate of drug-likeness (QED) is 0.576. The number of pyridine rings is 1. The van der Waals surface area contributed by atoms with Crippen LogP contribution in [-0.4, -0.2) is 23.0 Å². The molecule has 0 aliphatic heterocycles. The molecule has 5 nitrogen and oxygen atoms in total. The normalized spacial score (nSPS) is 10.7. The van der Waals surface area contributed by atoms with E-state index in [4.69, 9.17) is 4.74 Å². The smallest absolute Gasteiger partial charge is 0.257 e. The second-order valence-corrected chi connectivity index (χ2v) is 6.61. The van der Waals surface area contributed by atoms with Crippen LogP contribution in [0.5, 0.6) is 5.88 Å². The number of amides is 1. The van der Waals surface area contributed by atoms with Gasteiger partial charge in [-0.05, 0) is 30.3 Å². The number of rotatable bonds is 4. The summed E-state index contributed by atoms with van der Waals surface area (Å²) in [7, 11) is 1.54. The highest BCUT2D eigenvalue weighted by atomic mass is 32.1. The fraction of sp³-hybridized carbons (Fsp3) is 0.0500. The molecule has 0 spiro atoms. The average Bonchev–Trinajstić information content (AvgIpc) is 3.12. The van der Waals surface area contributed by atoms with E-state index in [1.807, 2.05) is 48.5 Å². The summed E-state index contributed by atoms with van der Waals surface area (Å²) in [5.41, 5.74) is 3.02. The molecule has 0 saturated heterocycles. The van der Waals surface area contributed by atoms with Gasteiger partial charge in [-0.1, -0.05) is 24.3 Å². The lowest BCUT2D eigenvalue weighted by Crippen LogP contribution is -2.12. The number of methoxy groups -OCH3 is 1. The van der Waals surface area contributed by atoms with Crippen LogP contribution in [0.15, 0.2) is 66.9 Å². The summed E-state index contributed by atoms with van der Waals surface area (Å²) < 4.78 is 6.14. The summed E-state index contributed by atoms with van der Waals surface area (Å²) in [6.07, 6.45) is 1.49. The van der Waals surface area contributed by atoms with Gasteiger partial charge in [-0.2, -0.15) is 0 Å². The predicted octanol–water partition coefficient (Wildman–Crippen LogP) is 4.62. The van der Waals surface area contributed by atoms with Crippen LogP contribution >= 0.6 is 11.3 Å². The first-order chi connectivity index (χ1) is 12.7. The van der Waals surface area contributed by atoms with Gasteiger partial charge < -0.3 is 10.1 Å². The Balaban J connectivity index is 1.66. The molecule has 0 aliphatic rings. The molecule has 0 aliphatic carbocycles. The minimum atomic E-state index is -0.228. The van der Waals surface area contributed by atoms with E-state index in [1.165, 1.54) is 13.3 Å². The summed E-state index contributed by atoms with van der Waals surface area (Å²) in [5, 5.41) is 3.82. The lowest BCUT2D eigenvalue weighted by atomic mass is 10.1. The van der Waals surface area contributed by atoms with Gasteiger partial charge in [-0.25, -0.2) is 9.97 Å². The largest absolute Gasteiger partial charge is 0.481 e. The maximum absolute atomic E-state index is 12.6. The average molecular weight is 361 g/mol. The number of hydrogen-bond donors (Lipinski definition) is 1. The van der Waals surface area contributed by atoms with E-state index in [9.17, 15) is 4.79 Å². The SMILES string of the molecule is COc1ccc(C(=O)Nc2ccccc2-c2nc3ccccc3s2)cn1. The molecular weight excluding hydrogens is 346 g/mol. The van der Waals surface area contributed by atoms with Crippen LogP contribution in [-0.2, 0) is 0 Å². The Morgan fingerprint density at radius 1 is 1.04 bits per heavy atom. The molecule has 1 amide bonds. The number of nitrogens with zero attached hydrogens (tertiary/aromatic N) is 2. The third-order valence-corrected chi connectivity index (χ3v) is 4.98. The van der Waals surface area contributed by atoms with Gasteiger partial charge in [0.25, 0.3) is 5.91 Å². The van der Waals surface area contributed by atoms with Crippen LogP contribution in [0.25, 0.3) is 20.8 Å². The molecule has 4 rings (SSSR count). The molecule has 0 bridgehead atoms. The van der Waals surface area contributed by atoms with E-state index in [2.05, 4.69) is 15.3 Å². The standard InChI is InChI=1S/C20H15N3O2S/c1-25-18-11-10-13(12-21-18)19(24)22-15-7-3-2-6-14(15)20-23-16-8-4-5-9-17(16)26-20/h2-12H,1H3,(H,22,24). The van der Waals surface area contributed by atoms with Gasteiger partial charge in [0.15, 0.2) is 0 Å². The van der Waals surface area contributed by atoms with Crippen LogP contribution < -0.4 is 10.1 Å². The number of para-hydroxylation sites is 2. The Morgan fingerprint density at radius 3 is 2.62 bits per heavy atom.